The summed E-state index contributed by atoms with van der Waals surface area (Å²) in [7, 11) is 3.28. The van der Waals surface area contributed by atoms with Crippen molar-refractivity contribution in [3.8, 4) is 11.5 Å². The molecule has 1 saturated heterocycles. The van der Waals surface area contributed by atoms with Gasteiger partial charge in [-0.05, 0) is 36.6 Å². The Hall–Kier alpha value is -1.29. The number of methoxy groups -OCH3 is 2. The molecule has 2 aliphatic rings. The average Bonchev–Trinajstić information content (AvgIpc) is 2.71. The van der Waals surface area contributed by atoms with Crippen LogP contribution in [0.2, 0.25) is 0 Å². The zero-order chi connectivity index (χ0) is 13.6. The molecule has 2 aliphatic heterocycles. The topological polar surface area (TPSA) is 21.7 Å². The van der Waals surface area contributed by atoms with Gasteiger partial charge in [-0.3, -0.25) is 4.90 Å². The summed E-state index contributed by atoms with van der Waals surface area (Å²) in [5, 5.41) is 0. The highest BCUT2D eigenvalue weighted by molar-refractivity contribution is 5.49. The van der Waals surface area contributed by atoms with Gasteiger partial charge in [-0.25, -0.2) is 4.39 Å². The van der Waals surface area contributed by atoms with E-state index in [1.54, 1.807) is 21.1 Å². The van der Waals surface area contributed by atoms with Crippen LogP contribution < -0.4 is 9.47 Å². The van der Waals surface area contributed by atoms with Crippen molar-refractivity contribution in [2.75, 3.05) is 27.3 Å². The summed E-state index contributed by atoms with van der Waals surface area (Å²) in [6, 6.07) is 4.24. The molecule has 2 heterocycles. The lowest BCUT2D eigenvalue weighted by atomic mass is 9.90. The first-order valence-corrected chi connectivity index (χ1v) is 6.72. The van der Waals surface area contributed by atoms with E-state index in [1.807, 2.05) is 12.1 Å². The maximum atomic E-state index is 14.2. The number of hydrogen-bond acceptors (Lipinski definition) is 3. The monoisotopic (exact) mass is 265 g/mol. The van der Waals surface area contributed by atoms with Gasteiger partial charge in [-0.15, -0.1) is 0 Å². The number of halogens is 1. The van der Waals surface area contributed by atoms with Gasteiger partial charge in [0, 0.05) is 25.6 Å². The molecular weight excluding hydrogens is 245 g/mol. The summed E-state index contributed by atoms with van der Waals surface area (Å²) >= 11 is 0. The molecule has 1 unspecified atom stereocenters. The average molecular weight is 265 g/mol. The molecule has 19 heavy (non-hydrogen) atoms. The summed E-state index contributed by atoms with van der Waals surface area (Å²) < 4.78 is 24.9. The quantitative estimate of drug-likeness (QED) is 0.820. The van der Waals surface area contributed by atoms with Crippen molar-refractivity contribution in [2.45, 2.75) is 31.5 Å². The van der Waals surface area contributed by atoms with Crippen LogP contribution >= 0.6 is 0 Å². The largest absolute Gasteiger partial charge is 0.493 e. The predicted octanol–water partition coefficient (Wildman–Crippen LogP) is 2.73. The second-order valence-electron chi connectivity index (χ2n) is 5.76. The fourth-order valence-electron chi connectivity index (χ4n) is 3.40. The number of fused-ring (bicyclic) bond motifs is 3. The molecule has 1 aromatic rings. The Morgan fingerprint density at radius 1 is 1.26 bits per heavy atom. The van der Waals surface area contributed by atoms with Crippen LogP contribution in [0.4, 0.5) is 4.39 Å². The van der Waals surface area contributed by atoms with Gasteiger partial charge < -0.3 is 9.47 Å². The van der Waals surface area contributed by atoms with Gasteiger partial charge in [0.15, 0.2) is 11.5 Å². The minimum atomic E-state index is -1.08. The van der Waals surface area contributed by atoms with Crippen LogP contribution in [0.1, 0.15) is 30.5 Å². The van der Waals surface area contributed by atoms with Crippen LogP contribution in [0.3, 0.4) is 0 Å². The second kappa shape index (κ2) is 4.37. The van der Waals surface area contributed by atoms with E-state index < -0.39 is 5.67 Å². The molecule has 4 heteroatoms. The highest BCUT2D eigenvalue weighted by Gasteiger charge is 2.44. The van der Waals surface area contributed by atoms with E-state index in [-0.39, 0.29) is 6.04 Å². The summed E-state index contributed by atoms with van der Waals surface area (Å²) in [5.41, 5.74) is 1.38. The van der Waals surface area contributed by atoms with Crippen LogP contribution in [-0.2, 0) is 6.42 Å². The zero-order valence-corrected chi connectivity index (χ0v) is 11.7. The molecule has 3 nitrogen and oxygen atoms in total. The van der Waals surface area contributed by atoms with Crippen molar-refractivity contribution in [1.29, 1.82) is 0 Å². The molecule has 3 rings (SSSR count). The normalized spacial score (nSPS) is 29.8. The van der Waals surface area contributed by atoms with Crippen LogP contribution in [0, 0.1) is 0 Å². The van der Waals surface area contributed by atoms with E-state index in [2.05, 4.69) is 4.90 Å². The van der Waals surface area contributed by atoms with Crippen molar-refractivity contribution >= 4 is 0 Å². The lowest BCUT2D eigenvalue weighted by molar-refractivity contribution is 0.184. The van der Waals surface area contributed by atoms with Gasteiger partial charge in [0.25, 0.3) is 0 Å². The van der Waals surface area contributed by atoms with Gasteiger partial charge in [0.1, 0.15) is 5.67 Å². The third-order valence-corrected chi connectivity index (χ3v) is 4.27. The van der Waals surface area contributed by atoms with Crippen LogP contribution in [0.5, 0.6) is 11.5 Å². The molecule has 0 saturated carbocycles. The molecule has 0 spiro atoms. The minimum absolute atomic E-state index is 0.179. The van der Waals surface area contributed by atoms with Crippen molar-refractivity contribution in [1.82, 2.24) is 4.90 Å². The molecule has 1 aromatic carbocycles. The minimum Gasteiger partial charge on any atom is -0.493 e. The van der Waals surface area contributed by atoms with Crippen molar-refractivity contribution < 1.29 is 13.9 Å². The number of ether oxygens (including phenoxy) is 2. The summed E-state index contributed by atoms with van der Waals surface area (Å²) in [5.74, 6) is 1.49. The van der Waals surface area contributed by atoms with E-state index in [4.69, 9.17) is 9.47 Å². The van der Waals surface area contributed by atoms with E-state index in [0.717, 1.165) is 24.5 Å². The van der Waals surface area contributed by atoms with Gasteiger partial charge in [-0.1, -0.05) is 0 Å². The van der Waals surface area contributed by atoms with Crippen molar-refractivity contribution in [3.63, 3.8) is 0 Å². The van der Waals surface area contributed by atoms with Crippen LogP contribution in [0.15, 0.2) is 12.1 Å². The molecule has 0 aliphatic carbocycles. The fourth-order valence-corrected chi connectivity index (χ4v) is 3.40. The van der Waals surface area contributed by atoms with Crippen LogP contribution in [0.25, 0.3) is 0 Å². The lowest BCUT2D eigenvalue weighted by Crippen LogP contribution is -2.32. The van der Waals surface area contributed by atoms with E-state index >= 15 is 0 Å². The highest BCUT2D eigenvalue weighted by atomic mass is 19.1. The van der Waals surface area contributed by atoms with E-state index in [0.29, 0.717) is 13.0 Å². The van der Waals surface area contributed by atoms with Gasteiger partial charge in [0.05, 0.1) is 14.2 Å². The molecule has 0 amide bonds. The standard InChI is InChI=1S/C15H20FNO2/c1-15(16)8-12-11-7-14(19-3)13(18-2)6-10(11)4-5-17(12)9-15/h6-7,12H,4-5,8-9H2,1-3H3/t12-,15?/m1/s1. The molecule has 0 radical (unpaired) electrons. The van der Waals surface area contributed by atoms with E-state index in [9.17, 15) is 4.39 Å². The first-order chi connectivity index (χ1) is 9.04. The highest BCUT2D eigenvalue weighted by Crippen LogP contribution is 2.46. The summed E-state index contributed by atoms with van der Waals surface area (Å²) in [6.45, 7) is 3.16. The van der Waals surface area contributed by atoms with Crippen molar-refractivity contribution in [3.05, 3.63) is 23.3 Å². The number of benzene rings is 1. The third-order valence-electron chi connectivity index (χ3n) is 4.27. The zero-order valence-electron chi connectivity index (χ0n) is 11.7. The number of nitrogens with zero attached hydrogens (tertiary/aromatic N) is 1. The SMILES string of the molecule is COc1cc2c(cc1OC)[C@H]1CC(C)(F)CN1CC2. The Kier molecular flexibility index (Phi) is 2.93. The molecule has 0 aromatic heterocycles. The lowest BCUT2D eigenvalue weighted by Gasteiger charge is -2.32. The van der Waals surface area contributed by atoms with Gasteiger partial charge >= 0.3 is 0 Å². The van der Waals surface area contributed by atoms with Gasteiger partial charge in [0.2, 0.25) is 0 Å². The van der Waals surface area contributed by atoms with E-state index in [1.165, 1.54) is 11.1 Å². The number of rotatable bonds is 2. The third kappa shape index (κ3) is 2.08. The Labute approximate surface area is 113 Å². The Bertz CT molecular complexity index is 501. The molecule has 104 valence electrons. The maximum Gasteiger partial charge on any atom is 0.161 e. The first-order valence-electron chi connectivity index (χ1n) is 6.72. The molecule has 0 N–H and O–H groups in total. The Morgan fingerprint density at radius 3 is 2.63 bits per heavy atom. The van der Waals surface area contributed by atoms with Crippen LogP contribution in [-0.4, -0.2) is 37.9 Å². The number of hydrogen-bond donors (Lipinski definition) is 0. The molecule has 0 bridgehead atoms. The first kappa shape index (κ1) is 12.7. The smallest absolute Gasteiger partial charge is 0.161 e. The Morgan fingerprint density at radius 2 is 1.95 bits per heavy atom. The molecular formula is C15H20FNO2. The predicted molar refractivity (Wildman–Crippen MR) is 71.7 cm³/mol. The van der Waals surface area contributed by atoms with Gasteiger partial charge in [-0.2, -0.15) is 0 Å². The Balaban J connectivity index is 2.03. The maximum absolute atomic E-state index is 14.2. The second-order valence-corrected chi connectivity index (χ2v) is 5.76. The van der Waals surface area contributed by atoms with Crippen molar-refractivity contribution in [2.24, 2.45) is 0 Å². The molecule has 2 atom stereocenters. The summed E-state index contributed by atoms with van der Waals surface area (Å²) in [4.78, 5) is 2.24. The summed E-state index contributed by atoms with van der Waals surface area (Å²) in [6.07, 6.45) is 1.51. The fraction of sp³-hybridized carbons (Fsp3) is 0.600. The molecule has 1 fully saturated rings. The number of alkyl halides is 1.